The minimum Gasteiger partial charge on any atom is -0.307 e. The zero-order valence-corrected chi connectivity index (χ0v) is 9.94. The van der Waals surface area contributed by atoms with Crippen LogP contribution >= 0.6 is 15.9 Å². The first-order valence-electron chi connectivity index (χ1n) is 4.74. The molecule has 1 aromatic carbocycles. The Morgan fingerprint density at radius 2 is 1.88 bits per heavy atom. The molecule has 3 nitrogen and oxygen atoms in total. The van der Waals surface area contributed by atoms with Crippen LogP contribution in [-0.2, 0) is 0 Å². The molecule has 2 aromatic rings. The predicted molar refractivity (Wildman–Crippen MR) is 66.3 cm³/mol. The molecule has 1 heterocycles. The van der Waals surface area contributed by atoms with E-state index in [0.29, 0.717) is 11.4 Å². The van der Waals surface area contributed by atoms with Crippen molar-refractivity contribution in [3.05, 3.63) is 58.7 Å². The Morgan fingerprint density at radius 3 is 2.56 bits per heavy atom. The van der Waals surface area contributed by atoms with Crippen LogP contribution in [0.2, 0.25) is 0 Å². The molecule has 80 valence electrons. The molecule has 1 amide bonds. The molecule has 16 heavy (non-hydrogen) atoms. The lowest BCUT2D eigenvalue weighted by Gasteiger charge is -2.05. The van der Waals surface area contributed by atoms with Gasteiger partial charge in [0.05, 0.1) is 5.56 Å². The van der Waals surface area contributed by atoms with Gasteiger partial charge in [0, 0.05) is 10.7 Å². The number of pyridine rings is 1. The van der Waals surface area contributed by atoms with Gasteiger partial charge < -0.3 is 5.32 Å². The highest BCUT2D eigenvalue weighted by Crippen LogP contribution is 2.16. The minimum atomic E-state index is -0.175. The van der Waals surface area contributed by atoms with Crippen LogP contribution in [0.4, 0.5) is 5.82 Å². The van der Waals surface area contributed by atoms with E-state index in [2.05, 4.69) is 26.2 Å². The zero-order valence-electron chi connectivity index (χ0n) is 8.35. The number of carbonyl (C=O) groups is 1. The molecule has 0 saturated carbocycles. The van der Waals surface area contributed by atoms with Gasteiger partial charge in [0.1, 0.15) is 5.82 Å². The number of aromatic nitrogens is 1. The van der Waals surface area contributed by atoms with E-state index in [1.807, 2.05) is 24.3 Å². The van der Waals surface area contributed by atoms with Crippen LogP contribution in [0.25, 0.3) is 0 Å². The van der Waals surface area contributed by atoms with E-state index in [0.717, 1.165) is 4.47 Å². The molecule has 0 radical (unpaired) electrons. The van der Waals surface area contributed by atoms with Gasteiger partial charge in [-0.05, 0) is 40.2 Å². The molecule has 0 aliphatic rings. The van der Waals surface area contributed by atoms with Crippen molar-refractivity contribution in [2.24, 2.45) is 0 Å². The maximum absolute atomic E-state index is 11.9. The average Bonchev–Trinajstić information content (AvgIpc) is 2.31. The van der Waals surface area contributed by atoms with Gasteiger partial charge in [-0.25, -0.2) is 4.98 Å². The second kappa shape index (κ2) is 4.90. The molecule has 2 rings (SSSR count). The number of hydrogen-bond acceptors (Lipinski definition) is 2. The third-order valence-electron chi connectivity index (χ3n) is 2.02. The smallest absolute Gasteiger partial charge is 0.257 e. The second-order valence-corrected chi connectivity index (χ2v) is 4.00. The Bertz CT molecular complexity index is 499. The highest BCUT2D eigenvalue weighted by molar-refractivity contribution is 9.10. The fraction of sp³-hybridized carbons (Fsp3) is 0. The van der Waals surface area contributed by atoms with E-state index >= 15 is 0 Å². The number of rotatable bonds is 2. The standard InChI is InChI=1S/C12H9BrN2O/c13-10-6-2-1-5-9(10)12(16)15-11-7-3-4-8-14-11/h1-8H,(H,14,15,16). The number of amides is 1. The number of anilines is 1. The summed E-state index contributed by atoms with van der Waals surface area (Å²) in [6.45, 7) is 0. The highest BCUT2D eigenvalue weighted by Gasteiger charge is 2.09. The van der Waals surface area contributed by atoms with Crippen LogP contribution in [0.5, 0.6) is 0 Å². The Labute approximate surface area is 102 Å². The number of nitrogens with zero attached hydrogens (tertiary/aromatic N) is 1. The Hall–Kier alpha value is -1.68. The van der Waals surface area contributed by atoms with Gasteiger partial charge in [-0.1, -0.05) is 18.2 Å². The van der Waals surface area contributed by atoms with Crippen LogP contribution in [0.3, 0.4) is 0 Å². The molecule has 0 fully saturated rings. The third-order valence-corrected chi connectivity index (χ3v) is 2.72. The van der Waals surface area contributed by atoms with Gasteiger partial charge in [-0.3, -0.25) is 4.79 Å². The van der Waals surface area contributed by atoms with Gasteiger partial charge in [0.25, 0.3) is 5.91 Å². The van der Waals surface area contributed by atoms with Gasteiger partial charge in [-0.2, -0.15) is 0 Å². The van der Waals surface area contributed by atoms with Crippen LogP contribution < -0.4 is 5.32 Å². The predicted octanol–water partition coefficient (Wildman–Crippen LogP) is 3.10. The van der Waals surface area contributed by atoms with E-state index in [-0.39, 0.29) is 5.91 Å². The maximum atomic E-state index is 11.9. The number of benzene rings is 1. The Kier molecular flexibility index (Phi) is 3.31. The summed E-state index contributed by atoms with van der Waals surface area (Å²) < 4.78 is 0.767. The van der Waals surface area contributed by atoms with Crippen molar-refractivity contribution in [1.82, 2.24) is 4.98 Å². The molecular formula is C12H9BrN2O. The molecule has 0 unspecified atom stereocenters. The summed E-state index contributed by atoms with van der Waals surface area (Å²) in [6.07, 6.45) is 1.63. The minimum absolute atomic E-state index is 0.175. The summed E-state index contributed by atoms with van der Waals surface area (Å²) in [5.41, 5.74) is 0.591. The summed E-state index contributed by atoms with van der Waals surface area (Å²) in [5.74, 6) is 0.370. The van der Waals surface area contributed by atoms with Crippen molar-refractivity contribution in [1.29, 1.82) is 0 Å². The molecule has 0 saturated heterocycles. The quantitative estimate of drug-likeness (QED) is 0.916. The molecular weight excluding hydrogens is 268 g/mol. The van der Waals surface area contributed by atoms with E-state index in [9.17, 15) is 4.79 Å². The number of hydrogen-bond donors (Lipinski definition) is 1. The first-order chi connectivity index (χ1) is 7.77. The lowest BCUT2D eigenvalue weighted by Crippen LogP contribution is -2.13. The van der Waals surface area contributed by atoms with E-state index in [4.69, 9.17) is 0 Å². The normalized spacial score (nSPS) is 9.81. The summed E-state index contributed by atoms with van der Waals surface area (Å²) >= 11 is 3.33. The third kappa shape index (κ3) is 2.46. The van der Waals surface area contributed by atoms with Crippen LogP contribution in [-0.4, -0.2) is 10.9 Å². The first kappa shape index (κ1) is 10.8. The average molecular weight is 277 g/mol. The highest BCUT2D eigenvalue weighted by atomic mass is 79.9. The van der Waals surface area contributed by atoms with Gasteiger partial charge in [-0.15, -0.1) is 0 Å². The van der Waals surface area contributed by atoms with Crippen molar-refractivity contribution in [2.45, 2.75) is 0 Å². The van der Waals surface area contributed by atoms with Crippen molar-refractivity contribution in [3.63, 3.8) is 0 Å². The fourth-order valence-corrected chi connectivity index (χ4v) is 1.73. The fourth-order valence-electron chi connectivity index (χ4n) is 1.27. The largest absolute Gasteiger partial charge is 0.307 e. The van der Waals surface area contributed by atoms with Crippen LogP contribution in [0.15, 0.2) is 53.1 Å². The van der Waals surface area contributed by atoms with Crippen molar-refractivity contribution in [2.75, 3.05) is 5.32 Å². The summed E-state index contributed by atoms with van der Waals surface area (Å²) in [6, 6.07) is 12.6. The number of halogens is 1. The Morgan fingerprint density at radius 1 is 1.12 bits per heavy atom. The van der Waals surface area contributed by atoms with E-state index in [1.165, 1.54) is 0 Å². The monoisotopic (exact) mass is 276 g/mol. The maximum Gasteiger partial charge on any atom is 0.257 e. The molecule has 0 aliphatic heterocycles. The van der Waals surface area contributed by atoms with Crippen molar-refractivity contribution in [3.8, 4) is 0 Å². The van der Waals surface area contributed by atoms with E-state index in [1.54, 1.807) is 24.4 Å². The van der Waals surface area contributed by atoms with Crippen LogP contribution in [0.1, 0.15) is 10.4 Å². The molecule has 0 aliphatic carbocycles. The van der Waals surface area contributed by atoms with E-state index < -0.39 is 0 Å². The van der Waals surface area contributed by atoms with Gasteiger partial charge >= 0.3 is 0 Å². The molecule has 1 N–H and O–H groups in total. The van der Waals surface area contributed by atoms with Crippen molar-refractivity contribution >= 4 is 27.7 Å². The SMILES string of the molecule is O=C(Nc1ccccn1)c1ccccc1Br. The molecule has 1 aromatic heterocycles. The summed E-state index contributed by atoms with van der Waals surface area (Å²) in [4.78, 5) is 15.9. The molecule has 4 heteroatoms. The topological polar surface area (TPSA) is 42.0 Å². The number of carbonyl (C=O) groups excluding carboxylic acids is 1. The lowest BCUT2D eigenvalue weighted by molar-refractivity contribution is 0.102. The zero-order chi connectivity index (χ0) is 11.4. The van der Waals surface area contributed by atoms with Gasteiger partial charge in [0.15, 0.2) is 0 Å². The van der Waals surface area contributed by atoms with Crippen molar-refractivity contribution < 1.29 is 4.79 Å². The van der Waals surface area contributed by atoms with Crippen LogP contribution in [0, 0.1) is 0 Å². The van der Waals surface area contributed by atoms with Gasteiger partial charge in [0.2, 0.25) is 0 Å². The summed E-state index contributed by atoms with van der Waals surface area (Å²) in [7, 11) is 0. The lowest BCUT2D eigenvalue weighted by atomic mass is 10.2. The Balaban J connectivity index is 2.19. The second-order valence-electron chi connectivity index (χ2n) is 3.15. The molecule has 0 atom stereocenters. The first-order valence-corrected chi connectivity index (χ1v) is 5.53. The molecule has 0 spiro atoms. The number of nitrogens with one attached hydrogen (secondary N) is 1. The summed E-state index contributed by atoms with van der Waals surface area (Å²) in [5, 5.41) is 2.72. The molecule has 0 bridgehead atoms.